The Morgan fingerprint density at radius 3 is 2.68 bits per heavy atom. The molecule has 2 aliphatic heterocycles. The second-order valence-corrected chi connectivity index (χ2v) is 9.40. The first kappa shape index (κ1) is 18.7. The lowest BCUT2D eigenvalue weighted by atomic mass is 9.86. The van der Waals surface area contributed by atoms with Gasteiger partial charge in [-0.2, -0.15) is 0 Å². The Kier molecular flexibility index (Phi) is 5.74. The van der Waals surface area contributed by atoms with Crippen molar-refractivity contribution in [3.8, 4) is 0 Å². The molecule has 2 aliphatic rings. The minimum absolute atomic E-state index is 0.0459. The summed E-state index contributed by atoms with van der Waals surface area (Å²) in [6.07, 6.45) is 2.87. The summed E-state index contributed by atoms with van der Waals surface area (Å²) in [4.78, 5) is 14.4. The van der Waals surface area contributed by atoms with E-state index in [-0.39, 0.29) is 28.4 Å². The number of hydrogen-bond donors (Lipinski definition) is 1. The maximum absolute atomic E-state index is 14.8. The Morgan fingerprint density at radius 1 is 1.28 bits per heavy atom. The predicted molar refractivity (Wildman–Crippen MR) is 102 cm³/mol. The smallest absolute Gasteiger partial charge is 0.233 e. The van der Waals surface area contributed by atoms with Crippen molar-refractivity contribution in [1.82, 2.24) is 10.2 Å². The van der Waals surface area contributed by atoms with E-state index in [0.717, 1.165) is 50.0 Å². The van der Waals surface area contributed by atoms with E-state index in [9.17, 15) is 9.18 Å². The quantitative estimate of drug-likeness (QED) is 0.864. The van der Waals surface area contributed by atoms with Crippen molar-refractivity contribution in [2.24, 2.45) is 5.41 Å². The van der Waals surface area contributed by atoms with Gasteiger partial charge < -0.3 is 10.2 Å². The second kappa shape index (κ2) is 7.67. The van der Waals surface area contributed by atoms with Crippen LogP contribution in [0.4, 0.5) is 4.39 Å². The highest BCUT2D eigenvalue weighted by Crippen LogP contribution is 2.44. The molecule has 1 atom stereocenters. The van der Waals surface area contributed by atoms with Crippen molar-refractivity contribution in [1.29, 1.82) is 0 Å². The van der Waals surface area contributed by atoms with Gasteiger partial charge in [0.2, 0.25) is 5.91 Å². The van der Waals surface area contributed by atoms with Crippen molar-refractivity contribution in [2.45, 2.75) is 51.3 Å². The number of nitrogens with one attached hydrogen (secondary N) is 1. The SMILES string of the molecule is CC(C)(C)CCN1C(=O)CSC1c1cccc(F)c1C1CCNCC1. The number of carbonyl (C=O) groups excluding carboxylic acids is 1. The molecule has 0 aliphatic carbocycles. The highest BCUT2D eigenvalue weighted by Gasteiger charge is 2.36. The molecule has 0 bridgehead atoms. The van der Waals surface area contributed by atoms with Crippen molar-refractivity contribution < 1.29 is 9.18 Å². The summed E-state index contributed by atoms with van der Waals surface area (Å²) < 4.78 is 14.8. The van der Waals surface area contributed by atoms with Crippen molar-refractivity contribution in [3.63, 3.8) is 0 Å². The van der Waals surface area contributed by atoms with Crippen LogP contribution in [0.2, 0.25) is 0 Å². The van der Waals surface area contributed by atoms with Crippen LogP contribution >= 0.6 is 11.8 Å². The second-order valence-electron chi connectivity index (χ2n) is 8.33. The summed E-state index contributed by atoms with van der Waals surface area (Å²) >= 11 is 1.64. The van der Waals surface area contributed by atoms with E-state index in [2.05, 4.69) is 26.1 Å². The molecule has 1 N–H and O–H groups in total. The monoisotopic (exact) mass is 364 g/mol. The van der Waals surface area contributed by atoms with Gasteiger partial charge in [0.15, 0.2) is 0 Å². The maximum Gasteiger partial charge on any atom is 0.233 e. The van der Waals surface area contributed by atoms with Gasteiger partial charge in [-0.05, 0) is 60.9 Å². The summed E-state index contributed by atoms with van der Waals surface area (Å²) in [5.41, 5.74) is 2.03. The lowest BCUT2D eigenvalue weighted by molar-refractivity contribution is -0.128. The summed E-state index contributed by atoms with van der Waals surface area (Å²) in [5.74, 6) is 0.815. The molecule has 0 saturated carbocycles. The Hall–Kier alpha value is -1.07. The Balaban J connectivity index is 1.89. The molecule has 2 heterocycles. The highest BCUT2D eigenvalue weighted by atomic mass is 32.2. The van der Waals surface area contributed by atoms with Gasteiger partial charge in [0.05, 0.1) is 5.75 Å². The van der Waals surface area contributed by atoms with Gasteiger partial charge in [-0.15, -0.1) is 11.8 Å². The summed E-state index contributed by atoms with van der Waals surface area (Å²) in [6, 6.07) is 5.39. The standard InChI is InChI=1S/C20H29FN2OS/c1-20(2,3)9-12-23-17(24)13-25-19(23)15-5-4-6-16(21)18(15)14-7-10-22-11-8-14/h4-6,14,19,22H,7-13H2,1-3H3. The molecule has 138 valence electrons. The fourth-order valence-corrected chi connectivity index (χ4v) is 4.97. The molecule has 25 heavy (non-hydrogen) atoms. The van der Waals surface area contributed by atoms with Crippen molar-refractivity contribution in [2.75, 3.05) is 25.4 Å². The molecule has 2 saturated heterocycles. The zero-order chi connectivity index (χ0) is 18.0. The van der Waals surface area contributed by atoms with Gasteiger partial charge in [0.25, 0.3) is 0 Å². The van der Waals surface area contributed by atoms with Crippen LogP contribution < -0.4 is 5.32 Å². The Bertz CT molecular complexity index is 623. The zero-order valence-electron chi connectivity index (χ0n) is 15.5. The molecule has 3 nitrogen and oxygen atoms in total. The van der Waals surface area contributed by atoms with Crippen LogP contribution in [0.3, 0.4) is 0 Å². The molecule has 3 rings (SSSR count). The lowest BCUT2D eigenvalue weighted by Gasteiger charge is -2.32. The lowest BCUT2D eigenvalue weighted by Crippen LogP contribution is -2.33. The summed E-state index contributed by atoms with van der Waals surface area (Å²) in [6.45, 7) is 9.18. The molecule has 0 aromatic heterocycles. The number of carbonyl (C=O) groups is 1. The van der Waals surface area contributed by atoms with E-state index >= 15 is 0 Å². The van der Waals surface area contributed by atoms with E-state index < -0.39 is 0 Å². The molecule has 5 heteroatoms. The largest absolute Gasteiger partial charge is 0.326 e. The number of hydrogen-bond acceptors (Lipinski definition) is 3. The first-order chi connectivity index (χ1) is 11.9. The third-order valence-electron chi connectivity index (χ3n) is 5.17. The minimum Gasteiger partial charge on any atom is -0.326 e. The van der Waals surface area contributed by atoms with Crippen molar-refractivity contribution >= 4 is 17.7 Å². The average Bonchev–Trinajstić information content (AvgIpc) is 2.93. The number of rotatable bonds is 4. The molecule has 1 aromatic rings. The van der Waals surface area contributed by atoms with Crippen LogP contribution in [0.1, 0.15) is 62.5 Å². The molecule has 1 aromatic carbocycles. The predicted octanol–water partition coefficient (Wildman–Crippen LogP) is 4.30. The maximum atomic E-state index is 14.8. The van der Waals surface area contributed by atoms with Gasteiger partial charge in [-0.3, -0.25) is 4.79 Å². The van der Waals surface area contributed by atoms with Crippen LogP contribution in [0.5, 0.6) is 0 Å². The van der Waals surface area contributed by atoms with E-state index in [0.29, 0.717) is 5.75 Å². The average molecular weight is 365 g/mol. The first-order valence-electron chi connectivity index (χ1n) is 9.27. The molecule has 0 spiro atoms. The van der Waals surface area contributed by atoms with E-state index in [1.807, 2.05) is 11.0 Å². The van der Waals surface area contributed by atoms with Crippen LogP contribution in [0.15, 0.2) is 18.2 Å². The molecular formula is C20H29FN2OS. The van der Waals surface area contributed by atoms with Gasteiger partial charge in [0.1, 0.15) is 11.2 Å². The van der Waals surface area contributed by atoms with Gasteiger partial charge in [-0.1, -0.05) is 32.9 Å². The number of amides is 1. The van der Waals surface area contributed by atoms with E-state index in [1.54, 1.807) is 23.9 Å². The third-order valence-corrected chi connectivity index (χ3v) is 6.41. The fraction of sp³-hybridized carbons (Fsp3) is 0.650. The van der Waals surface area contributed by atoms with Crippen LogP contribution in [-0.4, -0.2) is 36.2 Å². The fourth-order valence-electron chi connectivity index (χ4n) is 3.72. The number of nitrogens with zero attached hydrogens (tertiary/aromatic N) is 1. The van der Waals surface area contributed by atoms with Crippen LogP contribution in [-0.2, 0) is 4.79 Å². The number of thioether (sulfide) groups is 1. The molecular weight excluding hydrogens is 335 g/mol. The topological polar surface area (TPSA) is 32.3 Å². The molecule has 1 unspecified atom stereocenters. The zero-order valence-corrected chi connectivity index (χ0v) is 16.3. The van der Waals surface area contributed by atoms with Crippen molar-refractivity contribution in [3.05, 3.63) is 35.1 Å². The van der Waals surface area contributed by atoms with Crippen LogP contribution in [0.25, 0.3) is 0 Å². The summed E-state index contributed by atoms with van der Waals surface area (Å²) in [7, 11) is 0. The molecule has 2 fully saturated rings. The third kappa shape index (κ3) is 4.37. The number of halogens is 1. The van der Waals surface area contributed by atoms with E-state index in [1.165, 1.54) is 0 Å². The Morgan fingerprint density at radius 2 is 2.00 bits per heavy atom. The summed E-state index contributed by atoms with van der Waals surface area (Å²) in [5, 5.41) is 3.31. The van der Waals surface area contributed by atoms with Gasteiger partial charge in [0, 0.05) is 6.54 Å². The van der Waals surface area contributed by atoms with Crippen LogP contribution in [0, 0.1) is 11.2 Å². The molecule has 1 amide bonds. The minimum atomic E-state index is -0.111. The van der Waals surface area contributed by atoms with E-state index in [4.69, 9.17) is 0 Å². The molecule has 0 radical (unpaired) electrons. The first-order valence-corrected chi connectivity index (χ1v) is 10.3. The number of piperidine rings is 1. The highest BCUT2D eigenvalue weighted by molar-refractivity contribution is 8.00. The number of benzene rings is 1. The van der Waals surface area contributed by atoms with Gasteiger partial charge >= 0.3 is 0 Å². The Labute approximate surface area is 154 Å². The normalized spacial score (nSPS) is 22.6. The van der Waals surface area contributed by atoms with Gasteiger partial charge in [-0.25, -0.2) is 4.39 Å².